The van der Waals surface area contributed by atoms with Crippen molar-refractivity contribution in [1.82, 2.24) is 15.3 Å². The van der Waals surface area contributed by atoms with Crippen LogP contribution >= 0.6 is 0 Å². The van der Waals surface area contributed by atoms with Crippen molar-refractivity contribution in [3.63, 3.8) is 0 Å². The number of nitrogens with zero attached hydrogens (tertiary/aromatic N) is 1. The number of hydrogen-bond acceptors (Lipinski definition) is 5. The number of imidazole rings is 1. The Morgan fingerprint density at radius 3 is 2.76 bits per heavy atom. The highest BCUT2D eigenvalue weighted by molar-refractivity contribution is 5.97. The van der Waals surface area contributed by atoms with Crippen molar-refractivity contribution in [2.45, 2.75) is 38.6 Å². The minimum absolute atomic E-state index is 0.0256. The molecule has 1 aliphatic heterocycles. The highest BCUT2D eigenvalue weighted by Gasteiger charge is 2.34. The van der Waals surface area contributed by atoms with Gasteiger partial charge in [0.15, 0.2) is 6.10 Å². The topological polar surface area (TPSA) is 108 Å². The van der Waals surface area contributed by atoms with E-state index in [1.807, 2.05) is 26.0 Å². The van der Waals surface area contributed by atoms with Gasteiger partial charge in [0.05, 0.1) is 23.3 Å². The van der Waals surface area contributed by atoms with E-state index >= 15 is 0 Å². The fourth-order valence-corrected chi connectivity index (χ4v) is 3.49. The lowest BCUT2D eigenvalue weighted by Gasteiger charge is -2.26. The number of alkyl halides is 3. The Bertz CT molecular complexity index is 1210. The number of anilines is 2. The van der Waals surface area contributed by atoms with Gasteiger partial charge in [-0.3, -0.25) is 9.59 Å². The van der Waals surface area contributed by atoms with Crippen LogP contribution in [0.5, 0.6) is 5.75 Å². The van der Waals surface area contributed by atoms with Crippen LogP contribution in [0.15, 0.2) is 36.4 Å². The molecule has 0 saturated heterocycles. The molecule has 2 atom stereocenters. The Labute approximate surface area is 186 Å². The van der Waals surface area contributed by atoms with Crippen LogP contribution < -0.4 is 20.7 Å². The third-order valence-electron chi connectivity index (χ3n) is 5.30. The predicted octanol–water partition coefficient (Wildman–Crippen LogP) is 3.98. The van der Waals surface area contributed by atoms with E-state index in [1.54, 1.807) is 6.07 Å². The average Bonchev–Trinajstić information content (AvgIpc) is 3.21. The summed E-state index contributed by atoms with van der Waals surface area (Å²) in [6, 6.07) is 9.49. The van der Waals surface area contributed by atoms with Crippen molar-refractivity contribution in [1.29, 1.82) is 0 Å². The first kappa shape index (κ1) is 22.6. The van der Waals surface area contributed by atoms with Gasteiger partial charge in [-0.2, -0.15) is 13.2 Å². The van der Waals surface area contributed by atoms with E-state index in [9.17, 15) is 22.8 Å². The third kappa shape index (κ3) is 4.92. The number of halogens is 3. The van der Waals surface area contributed by atoms with Gasteiger partial charge in [0.25, 0.3) is 5.91 Å². The summed E-state index contributed by atoms with van der Waals surface area (Å²) in [5.41, 5.74) is 2.14. The van der Waals surface area contributed by atoms with Crippen LogP contribution in [0.25, 0.3) is 11.0 Å². The second-order valence-electron chi connectivity index (χ2n) is 7.73. The summed E-state index contributed by atoms with van der Waals surface area (Å²) in [6.45, 7) is 3.71. The summed E-state index contributed by atoms with van der Waals surface area (Å²) in [7, 11) is 0. The predicted molar refractivity (Wildman–Crippen MR) is 116 cm³/mol. The van der Waals surface area contributed by atoms with Crippen LogP contribution in [0.1, 0.15) is 37.7 Å². The Balaban J connectivity index is 1.36. The number of aromatic nitrogens is 2. The molecule has 1 aromatic heterocycles. The smallest absolute Gasteiger partial charge is 0.449 e. The molecular weight excluding hydrogens is 439 g/mol. The molecule has 11 heteroatoms. The number of fused-ring (bicyclic) bond motifs is 2. The van der Waals surface area contributed by atoms with Gasteiger partial charge in [0, 0.05) is 11.7 Å². The average molecular weight is 461 g/mol. The lowest BCUT2D eigenvalue weighted by atomic mass is 10.1. The quantitative estimate of drug-likeness (QED) is 0.444. The lowest BCUT2D eigenvalue weighted by Crippen LogP contribution is -2.36. The van der Waals surface area contributed by atoms with Crippen LogP contribution in [0.4, 0.5) is 24.5 Å². The van der Waals surface area contributed by atoms with Crippen molar-refractivity contribution in [2.75, 3.05) is 17.2 Å². The first-order valence-corrected chi connectivity index (χ1v) is 10.4. The molecule has 2 amide bonds. The van der Waals surface area contributed by atoms with E-state index < -0.39 is 18.1 Å². The molecule has 2 heterocycles. The molecule has 0 spiro atoms. The van der Waals surface area contributed by atoms with Crippen LogP contribution in [0, 0.1) is 0 Å². The van der Waals surface area contributed by atoms with Crippen molar-refractivity contribution in [3.8, 4) is 5.75 Å². The summed E-state index contributed by atoms with van der Waals surface area (Å²) in [5.74, 6) is -1.05. The number of rotatable bonds is 6. The van der Waals surface area contributed by atoms with Crippen LogP contribution in [0.2, 0.25) is 0 Å². The van der Waals surface area contributed by atoms with Crippen molar-refractivity contribution >= 4 is 34.2 Å². The first-order chi connectivity index (χ1) is 15.6. The molecule has 3 aromatic rings. The highest BCUT2D eigenvalue weighted by Crippen LogP contribution is 2.33. The maximum atomic E-state index is 12.8. The molecule has 0 saturated carbocycles. The summed E-state index contributed by atoms with van der Waals surface area (Å²) in [6.07, 6.45) is -4.57. The zero-order valence-corrected chi connectivity index (χ0v) is 17.8. The second-order valence-corrected chi connectivity index (χ2v) is 7.73. The van der Waals surface area contributed by atoms with Gasteiger partial charge in [-0.05, 0) is 49.2 Å². The molecule has 0 bridgehead atoms. The molecule has 4 N–H and O–H groups in total. The number of hydrogen-bond donors (Lipinski definition) is 4. The molecule has 2 unspecified atom stereocenters. The third-order valence-corrected chi connectivity index (χ3v) is 5.30. The summed E-state index contributed by atoms with van der Waals surface area (Å²) < 4.78 is 44.2. The SMILES string of the molecule is CCC1Oc2cc(C(C)NCC(=O)Nc3ccc4nc(C(F)(F)F)[nH]c4c3)ccc2NC1=O. The van der Waals surface area contributed by atoms with Crippen LogP contribution in [0.3, 0.4) is 0 Å². The number of amides is 2. The molecule has 0 radical (unpaired) electrons. The Hall–Kier alpha value is -3.60. The van der Waals surface area contributed by atoms with E-state index in [2.05, 4.69) is 25.9 Å². The minimum Gasteiger partial charge on any atom is -0.478 e. The Kier molecular flexibility index (Phi) is 5.98. The fraction of sp³-hybridized carbons (Fsp3) is 0.318. The van der Waals surface area contributed by atoms with Gasteiger partial charge >= 0.3 is 6.18 Å². The van der Waals surface area contributed by atoms with E-state index in [0.717, 1.165) is 5.56 Å². The summed E-state index contributed by atoms with van der Waals surface area (Å²) >= 11 is 0. The van der Waals surface area contributed by atoms with Crippen molar-refractivity contribution < 1.29 is 27.5 Å². The maximum Gasteiger partial charge on any atom is 0.449 e. The van der Waals surface area contributed by atoms with Crippen molar-refractivity contribution in [3.05, 3.63) is 47.8 Å². The summed E-state index contributed by atoms with van der Waals surface area (Å²) in [4.78, 5) is 30.0. The fourth-order valence-electron chi connectivity index (χ4n) is 3.49. The van der Waals surface area contributed by atoms with E-state index in [1.165, 1.54) is 18.2 Å². The number of carbonyl (C=O) groups is 2. The van der Waals surface area contributed by atoms with Crippen LogP contribution in [-0.4, -0.2) is 34.4 Å². The minimum atomic E-state index is -4.58. The highest BCUT2D eigenvalue weighted by atomic mass is 19.4. The van der Waals surface area contributed by atoms with Gasteiger partial charge in [-0.25, -0.2) is 4.98 Å². The Morgan fingerprint density at radius 1 is 1.24 bits per heavy atom. The number of aromatic amines is 1. The second kappa shape index (κ2) is 8.74. The molecule has 0 fully saturated rings. The van der Waals surface area contributed by atoms with Crippen molar-refractivity contribution in [2.24, 2.45) is 0 Å². The number of H-pyrrole nitrogens is 1. The molecule has 2 aromatic carbocycles. The summed E-state index contributed by atoms with van der Waals surface area (Å²) in [5, 5.41) is 8.56. The monoisotopic (exact) mass is 461 g/mol. The standard InChI is InChI=1S/C22H22F3N5O3/c1-3-17-20(32)28-15-6-4-12(8-18(15)33-17)11(2)26-10-19(31)27-13-5-7-14-16(9-13)30-21(29-14)22(23,24)25/h4-9,11,17,26H,3,10H2,1-2H3,(H,27,31)(H,28,32)(H,29,30). The number of nitrogens with one attached hydrogen (secondary N) is 4. The maximum absolute atomic E-state index is 12.8. The number of ether oxygens (including phenoxy) is 1. The molecular formula is C22H22F3N5O3. The lowest BCUT2D eigenvalue weighted by molar-refractivity contribution is -0.144. The normalized spacial score (nSPS) is 16.6. The van der Waals surface area contributed by atoms with E-state index in [-0.39, 0.29) is 35.4 Å². The molecule has 174 valence electrons. The van der Waals surface area contributed by atoms with Crippen LogP contribution in [-0.2, 0) is 15.8 Å². The number of benzene rings is 2. The largest absolute Gasteiger partial charge is 0.478 e. The van der Waals surface area contributed by atoms with Gasteiger partial charge in [-0.15, -0.1) is 0 Å². The molecule has 1 aliphatic rings. The van der Waals surface area contributed by atoms with E-state index in [4.69, 9.17) is 4.74 Å². The molecule has 4 rings (SSSR count). The zero-order valence-electron chi connectivity index (χ0n) is 17.8. The zero-order chi connectivity index (χ0) is 23.8. The molecule has 8 nitrogen and oxygen atoms in total. The number of carbonyl (C=O) groups excluding carboxylic acids is 2. The van der Waals surface area contributed by atoms with Gasteiger partial charge in [0.2, 0.25) is 11.7 Å². The van der Waals surface area contributed by atoms with Gasteiger partial charge < -0.3 is 25.7 Å². The molecule has 0 aliphatic carbocycles. The van der Waals surface area contributed by atoms with E-state index in [0.29, 0.717) is 23.5 Å². The molecule has 33 heavy (non-hydrogen) atoms. The van der Waals surface area contributed by atoms with Gasteiger partial charge in [-0.1, -0.05) is 13.0 Å². The van der Waals surface area contributed by atoms with Gasteiger partial charge in [0.1, 0.15) is 5.75 Å². The Morgan fingerprint density at radius 2 is 2.03 bits per heavy atom. The first-order valence-electron chi connectivity index (χ1n) is 10.4.